The molecule has 1 aliphatic heterocycles. The van der Waals surface area contributed by atoms with Gasteiger partial charge in [-0.1, -0.05) is 0 Å². The number of aromatic nitrogens is 2. The Balaban J connectivity index is 2.21. The van der Waals surface area contributed by atoms with Crippen LogP contribution in [0.5, 0.6) is 5.88 Å². The first-order chi connectivity index (χ1) is 8.60. The maximum Gasteiger partial charge on any atom is 0.218 e. The normalized spacial score (nSPS) is 21.1. The molecule has 2 rings (SSSR count). The molecule has 0 N–H and O–H groups in total. The van der Waals surface area contributed by atoms with E-state index in [0.29, 0.717) is 11.9 Å². The summed E-state index contributed by atoms with van der Waals surface area (Å²) in [6, 6.07) is 2.39. The molecule has 2 atom stereocenters. The first kappa shape index (κ1) is 13.4. The Hall–Kier alpha value is -1.03. The highest BCUT2D eigenvalue weighted by Gasteiger charge is 2.27. The molecule has 18 heavy (non-hydrogen) atoms. The van der Waals surface area contributed by atoms with E-state index in [0.717, 1.165) is 24.6 Å². The second-order valence-electron chi connectivity index (χ2n) is 4.82. The van der Waals surface area contributed by atoms with Crippen LogP contribution in [0.4, 0.5) is 5.82 Å². The first-order valence-corrected chi connectivity index (χ1v) is 6.84. The lowest BCUT2D eigenvalue weighted by atomic mass is 10.1. The number of methoxy groups -OCH3 is 1. The minimum atomic E-state index is 0.195. The van der Waals surface area contributed by atoms with Crippen molar-refractivity contribution in [1.29, 1.82) is 0 Å². The summed E-state index contributed by atoms with van der Waals surface area (Å²) in [6.45, 7) is 4.97. The van der Waals surface area contributed by atoms with Crippen LogP contribution >= 0.6 is 11.6 Å². The SMILES string of the molecule is COc1cc(N2CCCC2CC(C)Cl)nc(C)n1. The van der Waals surface area contributed by atoms with Gasteiger partial charge >= 0.3 is 0 Å². The predicted octanol–water partition coefficient (Wildman–Crippen LogP) is 2.78. The molecule has 0 aromatic carbocycles. The maximum absolute atomic E-state index is 6.12. The summed E-state index contributed by atoms with van der Waals surface area (Å²) in [4.78, 5) is 11.1. The third-order valence-electron chi connectivity index (χ3n) is 3.28. The lowest BCUT2D eigenvalue weighted by molar-refractivity contribution is 0.395. The monoisotopic (exact) mass is 269 g/mol. The number of hydrogen-bond acceptors (Lipinski definition) is 4. The minimum absolute atomic E-state index is 0.195. The van der Waals surface area contributed by atoms with Crippen LogP contribution in [0.15, 0.2) is 6.07 Å². The Morgan fingerprint density at radius 2 is 2.33 bits per heavy atom. The first-order valence-electron chi connectivity index (χ1n) is 6.40. The van der Waals surface area contributed by atoms with Crippen LogP contribution < -0.4 is 9.64 Å². The van der Waals surface area contributed by atoms with E-state index in [4.69, 9.17) is 16.3 Å². The highest BCUT2D eigenvalue weighted by atomic mass is 35.5. The fourth-order valence-corrected chi connectivity index (χ4v) is 2.74. The molecule has 0 amide bonds. The molecule has 100 valence electrons. The summed E-state index contributed by atoms with van der Waals surface area (Å²) < 4.78 is 5.21. The van der Waals surface area contributed by atoms with Crippen LogP contribution in [0.3, 0.4) is 0 Å². The van der Waals surface area contributed by atoms with Crippen molar-refractivity contribution >= 4 is 17.4 Å². The standard InChI is InChI=1S/C13H20ClN3O/c1-9(14)7-11-5-4-6-17(11)12-8-13(18-3)16-10(2)15-12/h8-9,11H,4-7H2,1-3H3. The molecule has 4 nitrogen and oxygen atoms in total. The molecule has 0 radical (unpaired) electrons. The fourth-order valence-electron chi connectivity index (χ4n) is 2.53. The number of anilines is 1. The number of rotatable bonds is 4. The summed E-state index contributed by atoms with van der Waals surface area (Å²) in [5.41, 5.74) is 0. The minimum Gasteiger partial charge on any atom is -0.481 e. The fraction of sp³-hybridized carbons (Fsp3) is 0.692. The number of halogens is 1. The molecule has 1 aliphatic rings. The highest BCUT2D eigenvalue weighted by molar-refractivity contribution is 6.20. The van der Waals surface area contributed by atoms with Gasteiger partial charge in [0.15, 0.2) is 0 Å². The Bertz CT molecular complexity index is 411. The van der Waals surface area contributed by atoms with Gasteiger partial charge in [-0.05, 0) is 33.1 Å². The molecule has 1 saturated heterocycles. The second-order valence-corrected chi connectivity index (χ2v) is 5.57. The van der Waals surface area contributed by atoms with E-state index in [1.165, 1.54) is 12.8 Å². The number of hydrogen-bond donors (Lipinski definition) is 0. The van der Waals surface area contributed by atoms with Crippen molar-refractivity contribution in [1.82, 2.24) is 9.97 Å². The van der Waals surface area contributed by atoms with Gasteiger partial charge in [0.1, 0.15) is 11.6 Å². The number of nitrogens with zero attached hydrogens (tertiary/aromatic N) is 3. The van der Waals surface area contributed by atoms with Gasteiger partial charge in [0, 0.05) is 24.0 Å². The average molecular weight is 270 g/mol. The Kier molecular flexibility index (Phi) is 4.27. The van der Waals surface area contributed by atoms with Crippen LogP contribution in [0.1, 0.15) is 32.0 Å². The largest absolute Gasteiger partial charge is 0.481 e. The van der Waals surface area contributed by atoms with E-state index in [1.807, 2.05) is 19.9 Å². The number of ether oxygens (including phenoxy) is 1. The summed E-state index contributed by atoms with van der Waals surface area (Å²) in [5, 5.41) is 0.195. The highest BCUT2D eigenvalue weighted by Crippen LogP contribution is 2.29. The van der Waals surface area contributed by atoms with Gasteiger partial charge in [0.05, 0.1) is 7.11 Å². The van der Waals surface area contributed by atoms with Crippen LogP contribution in [0, 0.1) is 6.92 Å². The van der Waals surface area contributed by atoms with Gasteiger partial charge in [-0.25, -0.2) is 4.98 Å². The van der Waals surface area contributed by atoms with Crippen molar-refractivity contribution in [2.24, 2.45) is 0 Å². The molecule has 1 aromatic heterocycles. The van der Waals surface area contributed by atoms with E-state index >= 15 is 0 Å². The molecule has 1 aromatic rings. The zero-order valence-corrected chi connectivity index (χ0v) is 11.9. The second kappa shape index (κ2) is 5.74. The molecule has 0 spiro atoms. The topological polar surface area (TPSA) is 38.2 Å². The maximum atomic E-state index is 6.12. The third-order valence-corrected chi connectivity index (χ3v) is 3.46. The molecule has 5 heteroatoms. The number of alkyl halides is 1. The predicted molar refractivity (Wildman–Crippen MR) is 73.6 cm³/mol. The molecule has 2 unspecified atom stereocenters. The Labute approximate surface area is 113 Å². The van der Waals surface area contributed by atoms with E-state index < -0.39 is 0 Å². The Morgan fingerprint density at radius 3 is 3.00 bits per heavy atom. The smallest absolute Gasteiger partial charge is 0.218 e. The summed E-state index contributed by atoms with van der Waals surface area (Å²) >= 11 is 6.12. The zero-order valence-electron chi connectivity index (χ0n) is 11.2. The van der Waals surface area contributed by atoms with Gasteiger partial charge in [-0.15, -0.1) is 11.6 Å². The van der Waals surface area contributed by atoms with Crippen molar-refractivity contribution in [3.63, 3.8) is 0 Å². The van der Waals surface area contributed by atoms with Gasteiger partial charge < -0.3 is 9.64 Å². The molecule has 0 bridgehead atoms. The van der Waals surface area contributed by atoms with Gasteiger partial charge in [0.25, 0.3) is 0 Å². The van der Waals surface area contributed by atoms with E-state index in [9.17, 15) is 0 Å². The quantitative estimate of drug-likeness (QED) is 0.788. The van der Waals surface area contributed by atoms with E-state index in [2.05, 4.69) is 14.9 Å². The van der Waals surface area contributed by atoms with Crippen LogP contribution in [0.2, 0.25) is 0 Å². The van der Waals surface area contributed by atoms with E-state index in [1.54, 1.807) is 7.11 Å². The summed E-state index contributed by atoms with van der Waals surface area (Å²) in [6.07, 6.45) is 3.37. The van der Waals surface area contributed by atoms with Crippen molar-refractivity contribution in [2.75, 3.05) is 18.6 Å². The molecule has 0 aliphatic carbocycles. The summed E-state index contributed by atoms with van der Waals surface area (Å²) in [5.74, 6) is 2.33. The molecular weight excluding hydrogens is 250 g/mol. The Morgan fingerprint density at radius 1 is 1.56 bits per heavy atom. The van der Waals surface area contributed by atoms with Gasteiger partial charge in [0.2, 0.25) is 5.88 Å². The van der Waals surface area contributed by atoms with Gasteiger partial charge in [-0.3, -0.25) is 0 Å². The van der Waals surface area contributed by atoms with Gasteiger partial charge in [-0.2, -0.15) is 4.98 Å². The molecule has 0 saturated carbocycles. The molecule has 2 heterocycles. The third kappa shape index (κ3) is 3.05. The van der Waals surface area contributed by atoms with Crippen molar-refractivity contribution in [2.45, 2.75) is 44.5 Å². The van der Waals surface area contributed by atoms with Crippen molar-refractivity contribution in [3.8, 4) is 5.88 Å². The van der Waals surface area contributed by atoms with Crippen molar-refractivity contribution in [3.05, 3.63) is 11.9 Å². The average Bonchev–Trinajstić information content (AvgIpc) is 2.75. The zero-order chi connectivity index (χ0) is 13.1. The van der Waals surface area contributed by atoms with Crippen LogP contribution in [-0.4, -0.2) is 35.0 Å². The number of aryl methyl sites for hydroxylation is 1. The van der Waals surface area contributed by atoms with Crippen LogP contribution in [0.25, 0.3) is 0 Å². The molecular formula is C13H20ClN3O. The lowest BCUT2D eigenvalue weighted by Crippen LogP contribution is -2.31. The molecule has 1 fully saturated rings. The van der Waals surface area contributed by atoms with E-state index in [-0.39, 0.29) is 5.38 Å². The van der Waals surface area contributed by atoms with Crippen LogP contribution in [-0.2, 0) is 0 Å². The summed E-state index contributed by atoms with van der Waals surface area (Å²) in [7, 11) is 1.63. The lowest BCUT2D eigenvalue weighted by Gasteiger charge is -2.26. The van der Waals surface area contributed by atoms with Crippen molar-refractivity contribution < 1.29 is 4.74 Å².